The molecule has 0 spiro atoms. The Bertz CT molecular complexity index is 1290. The standard InChI is InChI=1S/C18H17P.C18H15P.Cu/c2*1-4-10-16(11-5-1)19(17-12-6-2-7-13-17)18-14-8-3-9-15-18;/h1-14,18H,15H2;1-15H;. The first-order valence-electron chi connectivity index (χ1n) is 13.1. The molecule has 0 bridgehead atoms. The molecule has 0 N–H and O–H groups in total. The Morgan fingerprint density at radius 1 is 0.410 bits per heavy atom. The van der Waals surface area contributed by atoms with Crippen LogP contribution in [0.5, 0.6) is 0 Å². The Balaban J connectivity index is 0.000000176. The van der Waals surface area contributed by atoms with E-state index in [2.05, 4.69) is 176 Å². The minimum Gasteiger partial charge on any atom is -0.0836 e. The molecule has 1 aliphatic carbocycles. The van der Waals surface area contributed by atoms with Gasteiger partial charge in [0, 0.05) is 22.7 Å². The average molecular weight is 590 g/mol. The molecule has 5 aromatic carbocycles. The second-order valence-corrected chi connectivity index (χ2v) is 13.7. The van der Waals surface area contributed by atoms with Crippen LogP contribution in [-0.4, -0.2) is 5.66 Å². The van der Waals surface area contributed by atoms with Crippen molar-refractivity contribution in [1.82, 2.24) is 0 Å². The van der Waals surface area contributed by atoms with Crippen LogP contribution in [0.3, 0.4) is 0 Å². The van der Waals surface area contributed by atoms with Crippen LogP contribution < -0.4 is 26.5 Å². The maximum absolute atomic E-state index is 2.37. The van der Waals surface area contributed by atoms with Gasteiger partial charge in [0.15, 0.2) is 0 Å². The maximum Gasteiger partial charge on any atom is 0.00883 e. The van der Waals surface area contributed by atoms with Crippen LogP contribution in [0.4, 0.5) is 0 Å². The van der Waals surface area contributed by atoms with Gasteiger partial charge in [0.2, 0.25) is 0 Å². The van der Waals surface area contributed by atoms with Crippen LogP contribution in [0.1, 0.15) is 6.42 Å². The third-order valence-corrected chi connectivity index (χ3v) is 11.6. The van der Waals surface area contributed by atoms with Crippen molar-refractivity contribution in [2.45, 2.75) is 12.1 Å². The molecule has 0 amide bonds. The van der Waals surface area contributed by atoms with Gasteiger partial charge < -0.3 is 0 Å². The molecule has 0 aliphatic heterocycles. The van der Waals surface area contributed by atoms with Crippen molar-refractivity contribution in [2.24, 2.45) is 0 Å². The molecule has 6 rings (SSSR count). The Morgan fingerprint density at radius 2 is 0.744 bits per heavy atom. The average Bonchev–Trinajstić information content (AvgIpc) is 3.01. The molecular weight excluding hydrogens is 558 g/mol. The van der Waals surface area contributed by atoms with Crippen molar-refractivity contribution in [3.63, 3.8) is 0 Å². The summed E-state index contributed by atoms with van der Waals surface area (Å²) < 4.78 is 0. The monoisotopic (exact) mass is 589 g/mol. The minimum absolute atomic E-state index is 0. The van der Waals surface area contributed by atoms with E-state index in [0.29, 0.717) is 5.66 Å². The predicted octanol–water partition coefficient (Wildman–Crippen LogP) is 7.45. The maximum atomic E-state index is 2.37. The topological polar surface area (TPSA) is 0 Å². The zero-order chi connectivity index (χ0) is 25.8. The number of benzene rings is 5. The summed E-state index contributed by atoms with van der Waals surface area (Å²) in [6.07, 6.45) is 10.1. The summed E-state index contributed by atoms with van der Waals surface area (Å²) in [5.74, 6) is 0. The molecule has 197 valence electrons. The molecule has 0 nitrogen and oxygen atoms in total. The second-order valence-electron chi connectivity index (χ2n) is 9.00. The Hall–Kier alpha value is -3.04. The van der Waals surface area contributed by atoms with Gasteiger partial charge >= 0.3 is 0 Å². The second kappa shape index (κ2) is 15.5. The third kappa shape index (κ3) is 7.99. The molecule has 0 heterocycles. The van der Waals surface area contributed by atoms with Crippen LogP contribution in [0.2, 0.25) is 0 Å². The van der Waals surface area contributed by atoms with Gasteiger partial charge in [-0.15, -0.1) is 0 Å². The van der Waals surface area contributed by atoms with Gasteiger partial charge in [-0.1, -0.05) is 176 Å². The first kappa shape index (κ1) is 29.0. The number of hydrogen-bond donors (Lipinski definition) is 0. The fraction of sp³-hybridized carbons (Fsp3) is 0.0556. The number of hydrogen-bond acceptors (Lipinski definition) is 0. The molecule has 0 aromatic heterocycles. The number of allylic oxidation sites excluding steroid dienone is 4. The normalized spacial score (nSPS) is 13.8. The van der Waals surface area contributed by atoms with Crippen LogP contribution in [0.15, 0.2) is 176 Å². The van der Waals surface area contributed by atoms with Gasteiger partial charge in [0.25, 0.3) is 0 Å². The molecule has 1 unspecified atom stereocenters. The van der Waals surface area contributed by atoms with E-state index in [1.165, 1.54) is 26.5 Å². The fourth-order valence-corrected chi connectivity index (χ4v) is 9.61. The van der Waals surface area contributed by atoms with Crippen molar-refractivity contribution in [3.8, 4) is 0 Å². The zero-order valence-electron chi connectivity index (χ0n) is 21.7. The molecule has 1 aliphatic rings. The molecule has 5 aromatic rings. The number of rotatable bonds is 6. The van der Waals surface area contributed by atoms with E-state index in [0.717, 1.165) is 6.42 Å². The molecule has 0 saturated heterocycles. The van der Waals surface area contributed by atoms with Crippen molar-refractivity contribution in [3.05, 3.63) is 176 Å². The molecule has 3 heteroatoms. The van der Waals surface area contributed by atoms with Crippen LogP contribution in [0, 0.1) is 0 Å². The van der Waals surface area contributed by atoms with Crippen molar-refractivity contribution >= 4 is 42.4 Å². The van der Waals surface area contributed by atoms with E-state index >= 15 is 0 Å². The van der Waals surface area contributed by atoms with E-state index in [-0.39, 0.29) is 25.0 Å². The van der Waals surface area contributed by atoms with Crippen LogP contribution >= 0.6 is 15.8 Å². The Labute approximate surface area is 246 Å². The Kier molecular flexibility index (Phi) is 11.5. The molecule has 0 saturated carbocycles. The van der Waals surface area contributed by atoms with Crippen LogP contribution in [0.25, 0.3) is 0 Å². The molecule has 39 heavy (non-hydrogen) atoms. The molecule has 1 atom stereocenters. The smallest absolute Gasteiger partial charge is 0.00883 e. The van der Waals surface area contributed by atoms with Gasteiger partial charge in [0.05, 0.1) is 0 Å². The summed E-state index contributed by atoms with van der Waals surface area (Å²) in [5, 5.41) is 7.13. The first-order chi connectivity index (χ1) is 18.9. The third-order valence-electron chi connectivity index (χ3n) is 6.40. The summed E-state index contributed by atoms with van der Waals surface area (Å²) in [7, 11) is -0.753. The van der Waals surface area contributed by atoms with Crippen LogP contribution in [-0.2, 0) is 17.1 Å². The Morgan fingerprint density at radius 3 is 1.05 bits per heavy atom. The quantitative estimate of drug-likeness (QED) is 0.143. The molecule has 0 fully saturated rings. The predicted molar refractivity (Wildman–Crippen MR) is 171 cm³/mol. The summed E-state index contributed by atoms with van der Waals surface area (Å²) >= 11 is 0. The minimum atomic E-state index is -0.446. The van der Waals surface area contributed by atoms with Gasteiger partial charge in [0.1, 0.15) is 0 Å². The fourth-order valence-electron chi connectivity index (χ4n) is 4.65. The summed E-state index contributed by atoms with van der Waals surface area (Å²) in [4.78, 5) is 0. The van der Waals surface area contributed by atoms with E-state index < -0.39 is 7.92 Å². The van der Waals surface area contributed by atoms with E-state index in [9.17, 15) is 0 Å². The summed E-state index contributed by atoms with van der Waals surface area (Å²) in [5.41, 5.74) is 0.616. The summed E-state index contributed by atoms with van der Waals surface area (Å²) in [6, 6.07) is 54.2. The molecule has 1 radical (unpaired) electrons. The van der Waals surface area contributed by atoms with E-state index in [1.807, 2.05) is 0 Å². The molecular formula is C36H32CuP2. The van der Waals surface area contributed by atoms with Gasteiger partial charge in [-0.3, -0.25) is 0 Å². The zero-order valence-corrected chi connectivity index (χ0v) is 24.5. The SMILES string of the molecule is C1=CCC(P(c2ccccc2)c2ccccc2)C=C1.[Cu].c1ccc(P(c2ccccc2)c2ccccc2)cc1. The first-order valence-corrected chi connectivity index (χ1v) is 15.8. The largest absolute Gasteiger partial charge is 0.0836 e. The van der Waals surface area contributed by atoms with Crippen molar-refractivity contribution in [2.75, 3.05) is 0 Å². The van der Waals surface area contributed by atoms with E-state index in [1.54, 1.807) is 0 Å². The summed E-state index contributed by atoms with van der Waals surface area (Å²) in [6.45, 7) is 0. The van der Waals surface area contributed by atoms with Gasteiger partial charge in [-0.2, -0.15) is 0 Å². The van der Waals surface area contributed by atoms with E-state index in [4.69, 9.17) is 0 Å². The van der Waals surface area contributed by atoms with Gasteiger partial charge in [-0.05, 0) is 48.8 Å². The van der Waals surface area contributed by atoms with Crippen molar-refractivity contribution < 1.29 is 17.1 Å². The van der Waals surface area contributed by atoms with Crippen molar-refractivity contribution in [1.29, 1.82) is 0 Å². The van der Waals surface area contributed by atoms with Gasteiger partial charge in [-0.25, -0.2) is 0 Å².